The Morgan fingerprint density at radius 1 is 1.10 bits per heavy atom. The molecule has 0 atom stereocenters. The Bertz CT molecular complexity index is 1230. The van der Waals surface area contributed by atoms with Crippen molar-refractivity contribution in [1.29, 1.82) is 0 Å². The fraction of sp³-hybridized carbons (Fsp3) is 0.100. The second kappa shape index (κ2) is 8.79. The number of hydrogen-bond acceptors (Lipinski definition) is 9. The number of amides is 1. The van der Waals surface area contributed by atoms with Gasteiger partial charge in [-0.1, -0.05) is 11.8 Å². The van der Waals surface area contributed by atoms with Gasteiger partial charge < -0.3 is 14.2 Å². The molecule has 1 N–H and O–H groups in total. The molecule has 10 nitrogen and oxygen atoms in total. The molecule has 0 aliphatic heterocycles. The van der Waals surface area contributed by atoms with Gasteiger partial charge in [-0.05, 0) is 42.8 Å². The van der Waals surface area contributed by atoms with Crippen molar-refractivity contribution in [2.75, 3.05) is 11.1 Å². The lowest BCUT2D eigenvalue weighted by Crippen LogP contribution is -2.15. The van der Waals surface area contributed by atoms with Crippen molar-refractivity contribution in [3.8, 4) is 22.9 Å². The standard InChI is InChI=1S/C20H15N5O5S/c1-12-10-13(25(27)28)6-7-14(12)21-17(26)11-31-20-22-18(15-4-2-8-29-15)19(23-24-20)16-5-3-9-30-16/h2-10H,11H2,1H3,(H,21,26). The minimum atomic E-state index is -0.484. The van der Waals surface area contributed by atoms with E-state index in [1.807, 2.05) is 0 Å². The highest BCUT2D eigenvalue weighted by atomic mass is 32.2. The van der Waals surface area contributed by atoms with Gasteiger partial charge in [0, 0.05) is 17.8 Å². The van der Waals surface area contributed by atoms with Gasteiger partial charge in [0.1, 0.15) is 5.69 Å². The monoisotopic (exact) mass is 437 g/mol. The number of rotatable bonds is 7. The van der Waals surface area contributed by atoms with Crippen molar-refractivity contribution in [2.24, 2.45) is 0 Å². The third-order valence-electron chi connectivity index (χ3n) is 4.20. The number of carbonyl (C=O) groups is 1. The van der Waals surface area contributed by atoms with Gasteiger partial charge in [0.25, 0.3) is 5.69 Å². The number of nitrogens with one attached hydrogen (secondary N) is 1. The molecule has 0 saturated heterocycles. The first-order valence-corrected chi connectivity index (χ1v) is 10.00. The number of hydrogen-bond donors (Lipinski definition) is 1. The van der Waals surface area contributed by atoms with Crippen LogP contribution in [-0.4, -0.2) is 31.8 Å². The zero-order valence-corrected chi connectivity index (χ0v) is 17.0. The maximum absolute atomic E-state index is 12.3. The van der Waals surface area contributed by atoms with Crippen molar-refractivity contribution in [3.05, 3.63) is 70.7 Å². The van der Waals surface area contributed by atoms with Crippen LogP contribution in [0.25, 0.3) is 22.9 Å². The van der Waals surface area contributed by atoms with Crippen LogP contribution in [0.2, 0.25) is 0 Å². The van der Waals surface area contributed by atoms with Crippen LogP contribution in [-0.2, 0) is 4.79 Å². The number of nitro groups is 1. The molecule has 0 aliphatic rings. The zero-order valence-electron chi connectivity index (χ0n) is 16.1. The quantitative estimate of drug-likeness (QED) is 0.254. The molecule has 4 rings (SSSR count). The average molecular weight is 437 g/mol. The average Bonchev–Trinajstić information content (AvgIpc) is 3.47. The highest BCUT2D eigenvalue weighted by Gasteiger charge is 2.18. The predicted octanol–water partition coefficient (Wildman–Crippen LogP) is 4.34. The second-order valence-corrected chi connectivity index (χ2v) is 7.28. The lowest BCUT2D eigenvalue weighted by atomic mass is 10.2. The topological polar surface area (TPSA) is 137 Å². The Morgan fingerprint density at radius 2 is 1.81 bits per heavy atom. The summed E-state index contributed by atoms with van der Waals surface area (Å²) in [4.78, 5) is 27.2. The summed E-state index contributed by atoms with van der Waals surface area (Å²) in [6.07, 6.45) is 3.05. The van der Waals surface area contributed by atoms with Crippen LogP contribution in [0, 0.1) is 17.0 Å². The Hall–Kier alpha value is -3.99. The second-order valence-electron chi connectivity index (χ2n) is 6.34. The van der Waals surface area contributed by atoms with Crippen molar-refractivity contribution in [3.63, 3.8) is 0 Å². The number of benzene rings is 1. The zero-order chi connectivity index (χ0) is 21.8. The number of thioether (sulfide) groups is 1. The Morgan fingerprint density at radius 3 is 2.42 bits per heavy atom. The van der Waals surface area contributed by atoms with E-state index >= 15 is 0 Å². The van der Waals surface area contributed by atoms with Crippen molar-refractivity contribution in [1.82, 2.24) is 15.2 Å². The summed E-state index contributed by atoms with van der Waals surface area (Å²) in [7, 11) is 0. The van der Waals surface area contributed by atoms with Gasteiger partial charge in [-0.3, -0.25) is 14.9 Å². The van der Waals surface area contributed by atoms with E-state index in [0.29, 0.717) is 34.2 Å². The van der Waals surface area contributed by atoms with E-state index in [4.69, 9.17) is 8.83 Å². The van der Waals surface area contributed by atoms with E-state index in [-0.39, 0.29) is 22.5 Å². The number of aryl methyl sites for hydroxylation is 1. The molecule has 3 heterocycles. The maximum Gasteiger partial charge on any atom is 0.269 e. The Balaban J connectivity index is 1.48. The van der Waals surface area contributed by atoms with Crippen LogP contribution >= 0.6 is 11.8 Å². The normalized spacial score (nSPS) is 10.7. The van der Waals surface area contributed by atoms with Gasteiger partial charge in [0.15, 0.2) is 17.2 Å². The third-order valence-corrected chi connectivity index (χ3v) is 5.04. The number of nitro benzene ring substituents is 1. The largest absolute Gasteiger partial charge is 0.463 e. The fourth-order valence-electron chi connectivity index (χ4n) is 2.75. The number of aromatic nitrogens is 3. The number of nitrogens with zero attached hydrogens (tertiary/aromatic N) is 4. The van der Waals surface area contributed by atoms with E-state index in [9.17, 15) is 14.9 Å². The molecule has 11 heteroatoms. The van der Waals surface area contributed by atoms with Crippen LogP contribution < -0.4 is 5.32 Å². The Kier molecular flexibility index (Phi) is 5.76. The molecule has 0 bridgehead atoms. The van der Waals surface area contributed by atoms with Gasteiger partial charge in [-0.15, -0.1) is 10.2 Å². The van der Waals surface area contributed by atoms with Gasteiger partial charge >= 0.3 is 0 Å². The summed E-state index contributed by atoms with van der Waals surface area (Å²) >= 11 is 1.10. The van der Waals surface area contributed by atoms with Crippen LogP contribution in [0.4, 0.5) is 11.4 Å². The molecule has 1 aromatic carbocycles. The molecule has 0 aliphatic carbocycles. The van der Waals surface area contributed by atoms with E-state index in [0.717, 1.165) is 11.8 Å². The summed E-state index contributed by atoms with van der Waals surface area (Å²) in [5.74, 6) is 0.708. The molecule has 31 heavy (non-hydrogen) atoms. The van der Waals surface area contributed by atoms with Crippen molar-refractivity contribution in [2.45, 2.75) is 12.1 Å². The van der Waals surface area contributed by atoms with Crippen LogP contribution in [0.1, 0.15) is 5.56 Å². The maximum atomic E-state index is 12.3. The molecule has 156 valence electrons. The first-order chi connectivity index (χ1) is 15.0. The predicted molar refractivity (Wildman–Crippen MR) is 112 cm³/mol. The highest BCUT2D eigenvalue weighted by molar-refractivity contribution is 7.99. The molecule has 3 aromatic heterocycles. The van der Waals surface area contributed by atoms with Crippen LogP contribution in [0.3, 0.4) is 0 Å². The van der Waals surface area contributed by atoms with E-state index in [1.54, 1.807) is 31.2 Å². The molecule has 0 unspecified atom stereocenters. The molecular weight excluding hydrogens is 422 g/mol. The smallest absolute Gasteiger partial charge is 0.269 e. The summed E-state index contributed by atoms with van der Waals surface area (Å²) in [5, 5.41) is 22.1. The number of non-ortho nitro benzene ring substituents is 1. The van der Waals surface area contributed by atoms with Crippen LogP contribution in [0.15, 0.2) is 69.0 Å². The van der Waals surface area contributed by atoms with Gasteiger partial charge in [-0.25, -0.2) is 4.98 Å². The molecular formula is C20H15N5O5S. The lowest BCUT2D eigenvalue weighted by Gasteiger charge is -2.08. The number of carbonyl (C=O) groups excluding carboxylic acids is 1. The number of anilines is 1. The SMILES string of the molecule is Cc1cc([N+](=O)[O-])ccc1NC(=O)CSc1nnc(-c2ccco2)c(-c2ccco2)n1. The first-order valence-electron chi connectivity index (χ1n) is 9.01. The minimum absolute atomic E-state index is 0.0236. The van der Waals surface area contributed by atoms with E-state index in [1.165, 1.54) is 30.7 Å². The lowest BCUT2D eigenvalue weighted by molar-refractivity contribution is -0.384. The molecule has 0 spiro atoms. The molecule has 0 fully saturated rings. The summed E-state index contributed by atoms with van der Waals surface area (Å²) in [5.41, 5.74) is 1.93. The van der Waals surface area contributed by atoms with Crippen molar-refractivity contribution >= 4 is 29.0 Å². The Labute approximate surface area is 179 Å². The summed E-state index contributed by atoms with van der Waals surface area (Å²) < 4.78 is 10.8. The first kappa shape index (κ1) is 20.3. The molecule has 4 aromatic rings. The van der Waals surface area contributed by atoms with Crippen LogP contribution in [0.5, 0.6) is 0 Å². The third kappa shape index (κ3) is 4.61. The highest BCUT2D eigenvalue weighted by Crippen LogP contribution is 2.30. The van der Waals surface area contributed by atoms with Crippen molar-refractivity contribution < 1.29 is 18.6 Å². The minimum Gasteiger partial charge on any atom is -0.463 e. The van der Waals surface area contributed by atoms with Gasteiger partial charge in [0.05, 0.1) is 23.2 Å². The van der Waals surface area contributed by atoms with Gasteiger partial charge in [0.2, 0.25) is 11.1 Å². The van der Waals surface area contributed by atoms with Gasteiger partial charge in [-0.2, -0.15) is 0 Å². The molecule has 1 amide bonds. The van der Waals surface area contributed by atoms with E-state index < -0.39 is 4.92 Å². The number of furan rings is 2. The van der Waals surface area contributed by atoms with E-state index in [2.05, 4.69) is 20.5 Å². The molecule has 0 saturated carbocycles. The fourth-order valence-corrected chi connectivity index (χ4v) is 3.34. The molecule has 0 radical (unpaired) electrons. The summed E-state index contributed by atoms with van der Waals surface area (Å²) in [6.45, 7) is 1.69. The summed E-state index contributed by atoms with van der Waals surface area (Å²) in [6, 6.07) is 11.2.